The van der Waals surface area contributed by atoms with Crippen LogP contribution in [0.3, 0.4) is 0 Å². The summed E-state index contributed by atoms with van der Waals surface area (Å²) < 4.78 is 10.5. The van der Waals surface area contributed by atoms with Crippen molar-refractivity contribution in [2.75, 3.05) is 13.3 Å². The van der Waals surface area contributed by atoms with Crippen molar-refractivity contribution in [1.82, 2.24) is 10.3 Å². The van der Waals surface area contributed by atoms with Crippen molar-refractivity contribution in [3.8, 4) is 5.75 Å². The Morgan fingerprint density at radius 2 is 2.53 bits per heavy atom. The van der Waals surface area contributed by atoms with Gasteiger partial charge in [-0.25, -0.2) is 9.78 Å². The predicted molar refractivity (Wildman–Crippen MR) is 49.6 cm³/mol. The fourth-order valence-corrected chi connectivity index (χ4v) is 1.19. The minimum absolute atomic E-state index is 0.00187. The first-order chi connectivity index (χ1) is 7.25. The summed E-state index contributed by atoms with van der Waals surface area (Å²) in [6.07, 6.45) is 1.19. The number of carbonyl (C=O) groups is 1. The third-order valence-corrected chi connectivity index (χ3v) is 1.92. The minimum Gasteiger partial charge on any atom is -0.477 e. The van der Waals surface area contributed by atoms with Crippen molar-refractivity contribution in [1.29, 1.82) is 0 Å². The van der Waals surface area contributed by atoms with Crippen molar-refractivity contribution in [3.05, 3.63) is 24.0 Å². The molecule has 1 aliphatic rings. The second-order valence-electron chi connectivity index (χ2n) is 3.01. The molecule has 1 unspecified atom stereocenters. The van der Waals surface area contributed by atoms with Crippen LogP contribution >= 0.6 is 0 Å². The number of aromatic carboxylic acids is 1. The molecule has 2 N–H and O–H groups in total. The molecular weight excluding hydrogens is 200 g/mol. The first kappa shape index (κ1) is 9.88. The van der Waals surface area contributed by atoms with Crippen LogP contribution in [0.15, 0.2) is 18.3 Å². The standard InChI is InChI=1S/C9H10N2O4/c12-9(13)7-2-1-6(3-10-7)15-8-4-14-5-11-8/h1-3,8,11H,4-5H2,(H,12,13). The van der Waals surface area contributed by atoms with Gasteiger partial charge in [0.25, 0.3) is 0 Å². The van der Waals surface area contributed by atoms with E-state index < -0.39 is 5.97 Å². The van der Waals surface area contributed by atoms with Crippen LogP contribution < -0.4 is 10.1 Å². The molecule has 80 valence electrons. The molecule has 6 nitrogen and oxygen atoms in total. The van der Waals surface area contributed by atoms with Gasteiger partial charge in [-0.05, 0) is 12.1 Å². The number of nitrogens with zero attached hydrogens (tertiary/aromatic N) is 1. The van der Waals surface area contributed by atoms with E-state index in [1.54, 1.807) is 6.07 Å². The van der Waals surface area contributed by atoms with Crippen molar-refractivity contribution in [2.24, 2.45) is 0 Å². The van der Waals surface area contributed by atoms with Gasteiger partial charge in [0.1, 0.15) is 11.4 Å². The highest BCUT2D eigenvalue weighted by molar-refractivity contribution is 5.85. The maximum absolute atomic E-state index is 10.5. The van der Waals surface area contributed by atoms with Crippen LogP contribution in [0.1, 0.15) is 10.5 Å². The number of carboxylic acids is 1. The fraction of sp³-hybridized carbons (Fsp3) is 0.333. The Bertz CT molecular complexity index is 346. The average Bonchev–Trinajstić information content (AvgIpc) is 2.71. The summed E-state index contributed by atoms with van der Waals surface area (Å²) >= 11 is 0. The molecule has 0 spiro atoms. The predicted octanol–water partition coefficient (Wildman–Crippen LogP) is 0.0620. The van der Waals surface area contributed by atoms with E-state index in [0.29, 0.717) is 19.1 Å². The summed E-state index contributed by atoms with van der Waals surface area (Å²) in [5.74, 6) is -0.535. The molecule has 0 aromatic carbocycles. The Balaban J connectivity index is 2.00. The van der Waals surface area contributed by atoms with Gasteiger partial charge in [0.05, 0.1) is 19.5 Å². The summed E-state index contributed by atoms with van der Waals surface area (Å²) in [5.41, 5.74) is -0.00187. The maximum atomic E-state index is 10.5. The summed E-state index contributed by atoms with van der Waals surface area (Å²) in [7, 11) is 0. The number of aromatic nitrogens is 1. The fourth-order valence-electron chi connectivity index (χ4n) is 1.19. The summed E-state index contributed by atoms with van der Waals surface area (Å²) in [6, 6.07) is 2.96. The van der Waals surface area contributed by atoms with E-state index >= 15 is 0 Å². The Morgan fingerprint density at radius 1 is 1.67 bits per heavy atom. The van der Waals surface area contributed by atoms with Gasteiger partial charge in [0.15, 0.2) is 6.23 Å². The normalized spacial score (nSPS) is 20.1. The number of pyridine rings is 1. The molecule has 0 aliphatic carbocycles. The van der Waals surface area contributed by atoms with Gasteiger partial charge >= 0.3 is 5.97 Å². The van der Waals surface area contributed by atoms with Crippen molar-refractivity contribution < 1.29 is 19.4 Å². The monoisotopic (exact) mass is 210 g/mol. The highest BCUT2D eigenvalue weighted by atomic mass is 16.6. The first-order valence-electron chi connectivity index (χ1n) is 4.43. The molecule has 1 aromatic rings. The van der Waals surface area contributed by atoms with Crippen LogP contribution in [-0.4, -0.2) is 35.6 Å². The Labute approximate surface area is 85.8 Å². The molecule has 1 fully saturated rings. The number of ether oxygens (including phenoxy) is 2. The number of carboxylic acid groups (broad SMARTS) is 1. The Morgan fingerprint density at radius 3 is 3.07 bits per heavy atom. The van der Waals surface area contributed by atoms with Crippen LogP contribution in [0.25, 0.3) is 0 Å². The van der Waals surface area contributed by atoms with E-state index in [0.717, 1.165) is 0 Å². The summed E-state index contributed by atoms with van der Waals surface area (Å²) in [5, 5.41) is 11.6. The van der Waals surface area contributed by atoms with Crippen molar-refractivity contribution in [2.45, 2.75) is 6.23 Å². The minimum atomic E-state index is -1.05. The van der Waals surface area contributed by atoms with E-state index in [9.17, 15) is 4.79 Å². The maximum Gasteiger partial charge on any atom is 0.354 e. The van der Waals surface area contributed by atoms with Gasteiger partial charge in [-0.15, -0.1) is 0 Å². The van der Waals surface area contributed by atoms with Crippen LogP contribution in [0.2, 0.25) is 0 Å². The first-order valence-corrected chi connectivity index (χ1v) is 4.43. The van der Waals surface area contributed by atoms with Crippen LogP contribution in [0.5, 0.6) is 5.75 Å². The van der Waals surface area contributed by atoms with Crippen molar-refractivity contribution >= 4 is 5.97 Å². The SMILES string of the molecule is O=C(O)c1ccc(OC2COCN2)cn1. The average molecular weight is 210 g/mol. The Hall–Kier alpha value is -1.66. The highest BCUT2D eigenvalue weighted by Crippen LogP contribution is 2.11. The van der Waals surface area contributed by atoms with E-state index in [1.807, 2.05) is 0 Å². The van der Waals surface area contributed by atoms with Crippen LogP contribution in [0, 0.1) is 0 Å². The molecule has 1 atom stereocenters. The molecule has 0 radical (unpaired) electrons. The lowest BCUT2D eigenvalue weighted by molar-refractivity contribution is 0.0690. The molecule has 2 heterocycles. The van der Waals surface area contributed by atoms with Gasteiger partial charge in [0, 0.05) is 0 Å². The zero-order valence-corrected chi connectivity index (χ0v) is 7.84. The lowest BCUT2D eigenvalue weighted by atomic mass is 10.3. The van der Waals surface area contributed by atoms with Gasteiger partial charge < -0.3 is 14.6 Å². The molecular formula is C9H10N2O4. The molecule has 2 rings (SSSR count). The number of nitrogens with one attached hydrogen (secondary N) is 1. The van der Waals surface area contributed by atoms with Crippen LogP contribution in [-0.2, 0) is 4.74 Å². The topological polar surface area (TPSA) is 80.7 Å². The van der Waals surface area contributed by atoms with Gasteiger partial charge in [-0.3, -0.25) is 5.32 Å². The second-order valence-corrected chi connectivity index (χ2v) is 3.01. The van der Waals surface area contributed by atoms with E-state index in [4.69, 9.17) is 14.6 Å². The number of rotatable bonds is 3. The highest BCUT2D eigenvalue weighted by Gasteiger charge is 2.16. The number of hydrogen-bond donors (Lipinski definition) is 2. The van der Waals surface area contributed by atoms with Gasteiger partial charge in [-0.1, -0.05) is 0 Å². The lowest BCUT2D eigenvalue weighted by Crippen LogP contribution is -2.29. The molecule has 0 saturated carbocycles. The quantitative estimate of drug-likeness (QED) is 0.734. The molecule has 1 saturated heterocycles. The van der Waals surface area contributed by atoms with E-state index in [-0.39, 0.29) is 11.9 Å². The summed E-state index contributed by atoms with van der Waals surface area (Å²) in [4.78, 5) is 14.2. The van der Waals surface area contributed by atoms with E-state index in [2.05, 4.69) is 10.3 Å². The molecule has 6 heteroatoms. The van der Waals surface area contributed by atoms with Gasteiger partial charge in [-0.2, -0.15) is 0 Å². The van der Waals surface area contributed by atoms with Gasteiger partial charge in [0.2, 0.25) is 0 Å². The third-order valence-electron chi connectivity index (χ3n) is 1.92. The lowest BCUT2D eigenvalue weighted by Gasteiger charge is -2.11. The number of hydrogen-bond acceptors (Lipinski definition) is 5. The third kappa shape index (κ3) is 2.42. The zero-order chi connectivity index (χ0) is 10.7. The van der Waals surface area contributed by atoms with Crippen LogP contribution in [0.4, 0.5) is 0 Å². The molecule has 0 bridgehead atoms. The second kappa shape index (κ2) is 4.24. The molecule has 15 heavy (non-hydrogen) atoms. The zero-order valence-electron chi connectivity index (χ0n) is 7.84. The van der Waals surface area contributed by atoms with E-state index in [1.165, 1.54) is 12.3 Å². The molecule has 1 aromatic heterocycles. The molecule has 0 amide bonds. The summed E-state index contributed by atoms with van der Waals surface area (Å²) in [6.45, 7) is 0.936. The Kier molecular flexibility index (Phi) is 2.79. The largest absolute Gasteiger partial charge is 0.477 e. The molecule has 1 aliphatic heterocycles. The smallest absolute Gasteiger partial charge is 0.354 e. The van der Waals surface area contributed by atoms with Crippen molar-refractivity contribution in [3.63, 3.8) is 0 Å².